The van der Waals surface area contributed by atoms with Gasteiger partial charge in [-0.25, -0.2) is 0 Å². The molecule has 3 rings (SSSR count). The maximum Gasteiger partial charge on any atom is 0.104 e. The smallest absolute Gasteiger partial charge is 0.104 e. The van der Waals surface area contributed by atoms with Crippen LogP contribution in [0.1, 0.15) is 17.2 Å². The summed E-state index contributed by atoms with van der Waals surface area (Å²) < 4.78 is 0. The maximum absolute atomic E-state index is 8.98. The Bertz CT molecular complexity index is 707. The molecule has 0 amide bonds. The molecule has 1 heterocycles. The van der Waals surface area contributed by atoms with Crippen molar-refractivity contribution in [2.45, 2.75) is 6.04 Å². The predicted octanol–water partition coefficient (Wildman–Crippen LogP) is 2.99. The minimum atomic E-state index is 0.247. The quantitative estimate of drug-likeness (QED) is 0.918. The Labute approximate surface area is 140 Å². The van der Waals surface area contributed by atoms with E-state index in [4.69, 9.17) is 28.5 Å². The highest BCUT2D eigenvalue weighted by Crippen LogP contribution is 2.33. The SMILES string of the molecule is N#Cc1ccc(N2CC[NH2+]C[C@H]2c2ccc(Cl)cc2)c(Cl)c1. The molecule has 2 aromatic rings. The van der Waals surface area contributed by atoms with E-state index in [9.17, 15) is 0 Å². The van der Waals surface area contributed by atoms with Gasteiger partial charge in [0, 0.05) is 5.02 Å². The van der Waals surface area contributed by atoms with Gasteiger partial charge in [-0.2, -0.15) is 5.26 Å². The lowest BCUT2D eigenvalue weighted by Gasteiger charge is -2.36. The molecule has 0 spiro atoms. The molecule has 1 aliphatic rings. The summed E-state index contributed by atoms with van der Waals surface area (Å²) in [5.41, 5.74) is 2.79. The molecule has 0 radical (unpaired) electrons. The van der Waals surface area contributed by atoms with Gasteiger partial charge in [0.15, 0.2) is 0 Å². The second kappa shape index (κ2) is 6.58. The van der Waals surface area contributed by atoms with Crippen molar-refractivity contribution in [3.8, 4) is 6.07 Å². The van der Waals surface area contributed by atoms with E-state index in [0.29, 0.717) is 10.6 Å². The van der Waals surface area contributed by atoms with Crippen LogP contribution in [-0.4, -0.2) is 19.6 Å². The average Bonchev–Trinajstić information content (AvgIpc) is 2.55. The number of hydrogen-bond donors (Lipinski definition) is 1. The van der Waals surface area contributed by atoms with Crippen LogP contribution in [0.4, 0.5) is 5.69 Å². The van der Waals surface area contributed by atoms with Gasteiger partial charge >= 0.3 is 0 Å². The first kappa shape index (κ1) is 15.2. The van der Waals surface area contributed by atoms with Crippen molar-refractivity contribution < 1.29 is 5.32 Å². The molecule has 2 aromatic carbocycles. The van der Waals surface area contributed by atoms with Gasteiger partial charge in [-0.1, -0.05) is 35.3 Å². The fourth-order valence-electron chi connectivity index (χ4n) is 2.89. The van der Waals surface area contributed by atoms with Crippen LogP contribution in [0.5, 0.6) is 0 Å². The number of hydrogen-bond acceptors (Lipinski definition) is 2. The van der Waals surface area contributed by atoms with E-state index in [2.05, 4.69) is 28.4 Å². The van der Waals surface area contributed by atoms with Crippen molar-refractivity contribution in [2.24, 2.45) is 0 Å². The number of anilines is 1. The number of piperazine rings is 1. The minimum absolute atomic E-state index is 0.247. The van der Waals surface area contributed by atoms with E-state index in [1.165, 1.54) is 5.56 Å². The van der Waals surface area contributed by atoms with E-state index < -0.39 is 0 Å². The average molecular weight is 333 g/mol. The zero-order chi connectivity index (χ0) is 15.5. The molecule has 112 valence electrons. The maximum atomic E-state index is 8.98. The summed E-state index contributed by atoms with van der Waals surface area (Å²) in [5, 5.41) is 12.7. The highest BCUT2D eigenvalue weighted by molar-refractivity contribution is 6.33. The van der Waals surface area contributed by atoms with Crippen molar-refractivity contribution in [2.75, 3.05) is 24.5 Å². The summed E-state index contributed by atoms with van der Waals surface area (Å²) in [6, 6.07) is 15.8. The third-order valence-corrected chi connectivity index (χ3v) is 4.54. The number of benzene rings is 2. The number of halogens is 2. The third-order valence-electron chi connectivity index (χ3n) is 3.98. The number of nitriles is 1. The van der Waals surface area contributed by atoms with E-state index in [1.54, 1.807) is 6.07 Å². The molecule has 1 aliphatic heterocycles. The highest BCUT2D eigenvalue weighted by Gasteiger charge is 2.27. The van der Waals surface area contributed by atoms with Gasteiger partial charge in [0.25, 0.3) is 0 Å². The molecule has 1 fully saturated rings. The summed E-state index contributed by atoms with van der Waals surface area (Å²) in [7, 11) is 0. The summed E-state index contributed by atoms with van der Waals surface area (Å²) in [6.07, 6.45) is 0. The van der Waals surface area contributed by atoms with Gasteiger partial charge in [-0.3, -0.25) is 0 Å². The van der Waals surface area contributed by atoms with Gasteiger partial charge in [0.05, 0.1) is 35.4 Å². The second-order valence-electron chi connectivity index (χ2n) is 5.35. The van der Waals surface area contributed by atoms with E-state index >= 15 is 0 Å². The molecule has 3 nitrogen and oxygen atoms in total. The number of nitrogens with zero attached hydrogens (tertiary/aromatic N) is 2. The monoisotopic (exact) mass is 332 g/mol. The molecule has 1 atom stereocenters. The van der Waals surface area contributed by atoms with Gasteiger partial charge < -0.3 is 10.2 Å². The molecule has 22 heavy (non-hydrogen) atoms. The Morgan fingerprint density at radius 1 is 1.14 bits per heavy atom. The lowest BCUT2D eigenvalue weighted by molar-refractivity contribution is -0.661. The van der Waals surface area contributed by atoms with E-state index in [1.807, 2.05) is 24.3 Å². The molecular formula is C17H16Cl2N3+. The number of nitrogens with two attached hydrogens (primary N) is 1. The van der Waals surface area contributed by atoms with Crippen molar-refractivity contribution >= 4 is 28.9 Å². The Morgan fingerprint density at radius 2 is 1.91 bits per heavy atom. The summed E-state index contributed by atoms with van der Waals surface area (Å²) in [4.78, 5) is 2.31. The zero-order valence-electron chi connectivity index (χ0n) is 12.0. The van der Waals surface area contributed by atoms with Gasteiger partial charge in [-0.15, -0.1) is 0 Å². The Kier molecular flexibility index (Phi) is 4.54. The van der Waals surface area contributed by atoms with Crippen LogP contribution in [0.3, 0.4) is 0 Å². The van der Waals surface area contributed by atoms with Crippen molar-refractivity contribution in [1.82, 2.24) is 0 Å². The van der Waals surface area contributed by atoms with Gasteiger partial charge in [-0.05, 0) is 35.9 Å². The van der Waals surface area contributed by atoms with E-state index in [0.717, 1.165) is 30.3 Å². The van der Waals surface area contributed by atoms with Crippen molar-refractivity contribution in [1.29, 1.82) is 5.26 Å². The Balaban J connectivity index is 1.96. The summed E-state index contributed by atoms with van der Waals surface area (Å²) >= 11 is 12.4. The van der Waals surface area contributed by atoms with Crippen LogP contribution in [0, 0.1) is 11.3 Å². The topological polar surface area (TPSA) is 43.6 Å². The normalized spacial score (nSPS) is 18.0. The van der Waals surface area contributed by atoms with Crippen LogP contribution in [0.15, 0.2) is 42.5 Å². The fourth-order valence-corrected chi connectivity index (χ4v) is 3.30. The Hall–Kier alpha value is -1.73. The molecule has 5 heteroatoms. The van der Waals surface area contributed by atoms with Crippen LogP contribution in [0.25, 0.3) is 0 Å². The zero-order valence-corrected chi connectivity index (χ0v) is 13.5. The van der Waals surface area contributed by atoms with Gasteiger partial charge in [0.2, 0.25) is 0 Å². The molecule has 0 aromatic heterocycles. The molecule has 0 unspecified atom stereocenters. The lowest BCUT2D eigenvalue weighted by Crippen LogP contribution is -2.90. The second-order valence-corrected chi connectivity index (χ2v) is 6.20. The first-order valence-electron chi connectivity index (χ1n) is 7.22. The molecule has 0 saturated carbocycles. The van der Waals surface area contributed by atoms with Crippen LogP contribution < -0.4 is 10.2 Å². The van der Waals surface area contributed by atoms with Crippen LogP contribution in [0.2, 0.25) is 10.0 Å². The number of rotatable bonds is 2. The lowest BCUT2D eigenvalue weighted by atomic mass is 10.0. The molecule has 0 bridgehead atoms. The first-order chi connectivity index (χ1) is 10.7. The standard InChI is InChI=1S/C17H15Cl2N3/c18-14-4-2-13(3-5-14)17-11-21-7-8-22(17)16-6-1-12(10-20)9-15(16)19/h1-6,9,17,21H,7-8,11H2/p+1/t17-/m0/s1. The summed E-state index contributed by atoms with van der Waals surface area (Å²) in [6.45, 7) is 2.91. The number of quaternary nitrogens is 1. The third kappa shape index (κ3) is 3.05. The predicted molar refractivity (Wildman–Crippen MR) is 89.4 cm³/mol. The molecule has 1 saturated heterocycles. The van der Waals surface area contributed by atoms with E-state index in [-0.39, 0.29) is 6.04 Å². The Morgan fingerprint density at radius 3 is 2.59 bits per heavy atom. The van der Waals surface area contributed by atoms with Gasteiger partial charge in [0.1, 0.15) is 12.6 Å². The van der Waals surface area contributed by atoms with Crippen LogP contribution in [-0.2, 0) is 0 Å². The van der Waals surface area contributed by atoms with Crippen LogP contribution >= 0.6 is 23.2 Å². The molecular weight excluding hydrogens is 317 g/mol. The summed E-state index contributed by atoms with van der Waals surface area (Å²) in [5.74, 6) is 0. The highest BCUT2D eigenvalue weighted by atomic mass is 35.5. The fraction of sp³-hybridized carbons (Fsp3) is 0.235. The molecule has 0 aliphatic carbocycles. The minimum Gasteiger partial charge on any atom is -0.352 e. The first-order valence-corrected chi connectivity index (χ1v) is 7.98. The molecule has 2 N–H and O–H groups in total. The van der Waals surface area contributed by atoms with Crippen molar-refractivity contribution in [3.05, 3.63) is 63.6 Å². The largest absolute Gasteiger partial charge is 0.352 e. The van der Waals surface area contributed by atoms with Crippen molar-refractivity contribution in [3.63, 3.8) is 0 Å².